The van der Waals surface area contributed by atoms with Gasteiger partial charge in [0, 0.05) is 18.1 Å². The van der Waals surface area contributed by atoms with Crippen molar-refractivity contribution in [3.8, 4) is 11.5 Å². The number of anilines is 1. The molecule has 0 aliphatic heterocycles. The zero-order chi connectivity index (χ0) is 23.8. The fourth-order valence-corrected chi connectivity index (χ4v) is 2.79. The quantitative estimate of drug-likeness (QED) is 0.242. The normalized spacial score (nSPS) is 10.0. The highest BCUT2D eigenvalue weighted by molar-refractivity contribution is 6.10. The predicted octanol–water partition coefficient (Wildman–Crippen LogP) is 4.29. The molecule has 33 heavy (non-hydrogen) atoms. The van der Waals surface area contributed by atoms with Gasteiger partial charge in [-0.1, -0.05) is 30.3 Å². The number of carbonyl (C=O) groups excluding carboxylic acids is 3. The molecule has 0 aliphatic rings. The SMILES string of the molecule is CC(=O)Oc1ccc(O)cc1.COC(=O)Nc1nc2ccc(C(=O)c3ccccc3)cc2[nH]1. The number of benzene rings is 3. The van der Waals surface area contributed by atoms with Crippen LogP contribution >= 0.6 is 0 Å². The molecule has 1 heterocycles. The van der Waals surface area contributed by atoms with Crippen LogP contribution in [0.2, 0.25) is 0 Å². The van der Waals surface area contributed by atoms with E-state index in [0.717, 1.165) is 0 Å². The van der Waals surface area contributed by atoms with Gasteiger partial charge in [-0.15, -0.1) is 0 Å². The summed E-state index contributed by atoms with van der Waals surface area (Å²) in [6, 6.07) is 20.1. The van der Waals surface area contributed by atoms with Gasteiger partial charge in [0.05, 0.1) is 18.1 Å². The van der Waals surface area contributed by atoms with Gasteiger partial charge in [0.1, 0.15) is 11.5 Å². The summed E-state index contributed by atoms with van der Waals surface area (Å²) in [6.07, 6.45) is -0.611. The Morgan fingerprint density at radius 1 is 0.939 bits per heavy atom. The molecule has 1 amide bonds. The van der Waals surface area contributed by atoms with Crippen molar-refractivity contribution >= 4 is 34.8 Å². The highest BCUT2D eigenvalue weighted by Gasteiger charge is 2.12. The van der Waals surface area contributed by atoms with Crippen LogP contribution in [-0.4, -0.2) is 40.0 Å². The first-order valence-corrected chi connectivity index (χ1v) is 9.77. The summed E-state index contributed by atoms with van der Waals surface area (Å²) in [5.74, 6) is 0.428. The van der Waals surface area contributed by atoms with E-state index in [4.69, 9.17) is 9.84 Å². The number of nitrogens with zero attached hydrogens (tertiary/aromatic N) is 1. The molecule has 4 rings (SSSR count). The van der Waals surface area contributed by atoms with E-state index in [9.17, 15) is 14.4 Å². The average Bonchev–Trinajstić information content (AvgIpc) is 3.22. The molecule has 0 unspecified atom stereocenters. The Morgan fingerprint density at radius 3 is 2.27 bits per heavy atom. The number of imidazole rings is 1. The molecule has 0 aliphatic carbocycles. The van der Waals surface area contributed by atoms with E-state index in [1.807, 2.05) is 18.2 Å². The van der Waals surface area contributed by atoms with Gasteiger partial charge in [0.2, 0.25) is 5.95 Å². The molecule has 0 radical (unpaired) electrons. The minimum Gasteiger partial charge on any atom is -0.508 e. The Hall–Kier alpha value is -4.66. The van der Waals surface area contributed by atoms with Crippen molar-refractivity contribution in [1.29, 1.82) is 0 Å². The van der Waals surface area contributed by atoms with Crippen LogP contribution in [0.1, 0.15) is 22.8 Å². The number of hydrogen-bond acceptors (Lipinski definition) is 7. The van der Waals surface area contributed by atoms with Gasteiger partial charge < -0.3 is 19.6 Å². The Balaban J connectivity index is 0.000000235. The largest absolute Gasteiger partial charge is 0.508 e. The standard InChI is InChI=1S/C16H13N3O3.C8H8O3/c1-22-16(21)19-15-17-12-8-7-11(9-13(12)18-15)14(20)10-5-3-2-4-6-10;1-6(9)11-8-4-2-7(10)3-5-8/h2-9H,1H3,(H2,17,18,19,21);2-5,10H,1H3. The third kappa shape index (κ3) is 6.41. The number of phenols is 1. The minimum atomic E-state index is -0.611. The Morgan fingerprint density at radius 2 is 1.64 bits per heavy atom. The van der Waals surface area contributed by atoms with Crippen LogP contribution in [0.4, 0.5) is 10.7 Å². The summed E-state index contributed by atoms with van der Waals surface area (Å²) in [6.45, 7) is 1.33. The average molecular weight is 447 g/mol. The van der Waals surface area contributed by atoms with Crippen molar-refractivity contribution in [2.45, 2.75) is 6.92 Å². The van der Waals surface area contributed by atoms with Crippen LogP contribution in [-0.2, 0) is 9.53 Å². The second-order valence-electron chi connectivity index (χ2n) is 6.72. The molecule has 0 saturated heterocycles. The van der Waals surface area contributed by atoms with Gasteiger partial charge >= 0.3 is 12.1 Å². The van der Waals surface area contributed by atoms with Crippen molar-refractivity contribution in [2.75, 3.05) is 12.4 Å². The van der Waals surface area contributed by atoms with E-state index >= 15 is 0 Å². The maximum Gasteiger partial charge on any atom is 0.413 e. The molecule has 9 nitrogen and oxygen atoms in total. The van der Waals surface area contributed by atoms with Crippen molar-refractivity contribution in [3.05, 3.63) is 83.9 Å². The molecule has 0 atom stereocenters. The maximum atomic E-state index is 12.4. The number of hydrogen-bond donors (Lipinski definition) is 3. The van der Waals surface area contributed by atoms with Crippen molar-refractivity contribution < 1.29 is 29.0 Å². The lowest BCUT2D eigenvalue weighted by Crippen LogP contribution is -2.11. The van der Waals surface area contributed by atoms with Gasteiger partial charge in [-0.2, -0.15) is 0 Å². The molecule has 168 valence electrons. The molecule has 9 heteroatoms. The third-order valence-corrected chi connectivity index (χ3v) is 4.28. The van der Waals surface area contributed by atoms with Crippen LogP contribution in [0.25, 0.3) is 11.0 Å². The number of aromatic amines is 1. The topological polar surface area (TPSA) is 131 Å². The predicted molar refractivity (Wildman–Crippen MR) is 121 cm³/mol. The molecule has 1 aromatic heterocycles. The molecule has 0 spiro atoms. The molecule has 0 bridgehead atoms. The van der Waals surface area contributed by atoms with E-state index < -0.39 is 6.09 Å². The fraction of sp³-hybridized carbons (Fsp3) is 0.0833. The zero-order valence-electron chi connectivity index (χ0n) is 17.9. The summed E-state index contributed by atoms with van der Waals surface area (Å²) in [4.78, 5) is 41.1. The van der Waals surface area contributed by atoms with Gasteiger partial charge in [0.25, 0.3) is 0 Å². The zero-order valence-corrected chi connectivity index (χ0v) is 17.9. The van der Waals surface area contributed by atoms with Crippen molar-refractivity contribution in [2.24, 2.45) is 0 Å². The number of carbonyl (C=O) groups is 3. The summed E-state index contributed by atoms with van der Waals surface area (Å²) >= 11 is 0. The number of aromatic nitrogens is 2. The van der Waals surface area contributed by atoms with E-state index in [1.54, 1.807) is 30.3 Å². The number of phenolic OH excluding ortho intramolecular Hbond substituents is 1. The second-order valence-corrected chi connectivity index (χ2v) is 6.72. The number of methoxy groups -OCH3 is 1. The van der Waals surface area contributed by atoms with Gasteiger partial charge in [-0.3, -0.25) is 14.9 Å². The van der Waals surface area contributed by atoms with Crippen LogP contribution in [0.3, 0.4) is 0 Å². The Bertz CT molecular complexity index is 1270. The monoisotopic (exact) mass is 447 g/mol. The molecule has 3 N–H and O–H groups in total. The second kappa shape index (κ2) is 10.6. The number of aromatic hydroxyl groups is 1. The van der Waals surface area contributed by atoms with E-state index in [-0.39, 0.29) is 23.5 Å². The van der Waals surface area contributed by atoms with Crippen LogP contribution in [0.5, 0.6) is 11.5 Å². The third-order valence-electron chi connectivity index (χ3n) is 4.28. The molecule has 0 fully saturated rings. The Labute approximate surface area is 189 Å². The molecule has 0 saturated carbocycles. The molecular formula is C24H21N3O6. The number of rotatable bonds is 4. The van der Waals surface area contributed by atoms with E-state index in [0.29, 0.717) is 27.9 Å². The first-order chi connectivity index (χ1) is 15.9. The van der Waals surface area contributed by atoms with Gasteiger partial charge in [0.15, 0.2) is 5.78 Å². The number of amides is 1. The molecule has 3 aromatic carbocycles. The summed E-state index contributed by atoms with van der Waals surface area (Å²) in [5, 5.41) is 11.3. The number of esters is 1. The number of ether oxygens (including phenoxy) is 2. The van der Waals surface area contributed by atoms with Crippen molar-refractivity contribution in [3.63, 3.8) is 0 Å². The lowest BCUT2D eigenvalue weighted by molar-refractivity contribution is -0.131. The summed E-state index contributed by atoms with van der Waals surface area (Å²) in [5.41, 5.74) is 2.48. The fourth-order valence-electron chi connectivity index (χ4n) is 2.79. The maximum absolute atomic E-state index is 12.4. The first-order valence-electron chi connectivity index (χ1n) is 9.77. The highest BCUT2D eigenvalue weighted by Crippen LogP contribution is 2.19. The van der Waals surface area contributed by atoms with E-state index in [2.05, 4.69) is 20.0 Å². The molecular weight excluding hydrogens is 426 g/mol. The van der Waals surface area contributed by atoms with Gasteiger partial charge in [-0.05, 0) is 42.5 Å². The smallest absolute Gasteiger partial charge is 0.413 e. The van der Waals surface area contributed by atoms with Crippen LogP contribution in [0.15, 0.2) is 72.8 Å². The Kier molecular flexibility index (Phi) is 7.38. The van der Waals surface area contributed by atoms with Crippen LogP contribution < -0.4 is 10.1 Å². The summed E-state index contributed by atoms with van der Waals surface area (Å²) < 4.78 is 9.22. The highest BCUT2D eigenvalue weighted by atomic mass is 16.5. The number of nitrogens with one attached hydrogen (secondary N) is 2. The number of ketones is 1. The summed E-state index contributed by atoms with van der Waals surface area (Å²) in [7, 11) is 1.27. The van der Waals surface area contributed by atoms with Crippen molar-refractivity contribution in [1.82, 2.24) is 9.97 Å². The van der Waals surface area contributed by atoms with E-state index in [1.165, 1.54) is 38.3 Å². The first kappa shape index (κ1) is 23.0. The lowest BCUT2D eigenvalue weighted by Gasteiger charge is -2.00. The minimum absolute atomic E-state index is 0.0698. The van der Waals surface area contributed by atoms with Crippen LogP contribution in [0, 0.1) is 0 Å². The van der Waals surface area contributed by atoms with Gasteiger partial charge in [-0.25, -0.2) is 9.78 Å². The number of fused-ring (bicyclic) bond motifs is 1. The lowest BCUT2D eigenvalue weighted by atomic mass is 10.0. The number of H-pyrrole nitrogens is 1. The molecule has 4 aromatic rings.